The Hall–Kier alpha value is -2.27. The number of nitrogens with one attached hydrogen (secondary N) is 1. The van der Waals surface area contributed by atoms with Crippen LogP contribution in [0.5, 0.6) is 0 Å². The highest BCUT2D eigenvalue weighted by atomic mass is 16.5. The molecule has 0 spiro atoms. The predicted molar refractivity (Wildman–Crippen MR) is 91.8 cm³/mol. The van der Waals surface area contributed by atoms with E-state index in [1.165, 1.54) is 0 Å². The molecule has 2 heterocycles. The molecule has 1 fully saturated rings. The Bertz CT molecular complexity index is 652. The number of carbonyl (C=O) groups excluding carboxylic acids is 1. The van der Waals surface area contributed by atoms with Crippen molar-refractivity contribution in [3.63, 3.8) is 0 Å². The molecule has 1 amide bonds. The normalized spacial score (nSPS) is 16.5. The highest BCUT2D eigenvalue weighted by molar-refractivity contribution is 5.94. The molecule has 0 saturated carbocycles. The van der Waals surface area contributed by atoms with Crippen LogP contribution < -0.4 is 5.32 Å². The Labute approximate surface area is 142 Å². The molecule has 1 N–H and O–H groups in total. The van der Waals surface area contributed by atoms with Crippen LogP contribution in [0.4, 0.5) is 0 Å². The number of ether oxygens (including phenoxy) is 1. The maximum Gasteiger partial charge on any atom is 0.251 e. The second-order valence-electron chi connectivity index (χ2n) is 6.20. The molecule has 1 saturated heterocycles. The van der Waals surface area contributed by atoms with E-state index in [1.807, 2.05) is 49.6 Å². The standard InChI is InChI=1S/C19H23N3O2/c1-14-20-11-17(12-21-14)18(15-7-9-24-10-8-15)13-22-19(23)16-5-3-2-4-6-16/h2-6,11-12,15,18H,7-10,13H2,1H3,(H,22,23). The van der Waals surface area contributed by atoms with Gasteiger partial charge in [-0.1, -0.05) is 18.2 Å². The van der Waals surface area contributed by atoms with Gasteiger partial charge in [-0.3, -0.25) is 4.79 Å². The Kier molecular flexibility index (Phi) is 5.54. The minimum Gasteiger partial charge on any atom is -0.381 e. The first-order valence-electron chi connectivity index (χ1n) is 8.43. The van der Waals surface area contributed by atoms with Crippen molar-refractivity contribution >= 4 is 5.91 Å². The summed E-state index contributed by atoms with van der Waals surface area (Å²) in [6.45, 7) is 4.02. The smallest absolute Gasteiger partial charge is 0.251 e. The van der Waals surface area contributed by atoms with Gasteiger partial charge in [-0.25, -0.2) is 9.97 Å². The summed E-state index contributed by atoms with van der Waals surface area (Å²) in [5.41, 5.74) is 1.77. The van der Waals surface area contributed by atoms with Gasteiger partial charge in [0.2, 0.25) is 0 Å². The van der Waals surface area contributed by atoms with Crippen molar-refractivity contribution in [3.8, 4) is 0 Å². The van der Waals surface area contributed by atoms with Gasteiger partial charge in [-0.15, -0.1) is 0 Å². The minimum absolute atomic E-state index is 0.0410. The molecule has 2 aromatic rings. The molecule has 5 heteroatoms. The number of amides is 1. The van der Waals surface area contributed by atoms with E-state index < -0.39 is 0 Å². The van der Waals surface area contributed by atoms with E-state index in [9.17, 15) is 4.79 Å². The monoisotopic (exact) mass is 325 g/mol. The Morgan fingerprint density at radius 1 is 1.21 bits per heavy atom. The van der Waals surface area contributed by atoms with Crippen LogP contribution in [0.3, 0.4) is 0 Å². The second kappa shape index (κ2) is 8.02. The summed E-state index contributed by atoms with van der Waals surface area (Å²) in [5.74, 6) is 1.40. The molecule has 1 aliphatic rings. The quantitative estimate of drug-likeness (QED) is 0.918. The van der Waals surface area contributed by atoms with Crippen molar-refractivity contribution in [3.05, 3.63) is 59.7 Å². The molecule has 126 valence electrons. The largest absolute Gasteiger partial charge is 0.381 e. The molecule has 1 aliphatic heterocycles. The molecule has 1 unspecified atom stereocenters. The fourth-order valence-electron chi connectivity index (χ4n) is 3.16. The zero-order valence-electron chi connectivity index (χ0n) is 13.9. The lowest BCUT2D eigenvalue weighted by Gasteiger charge is -2.30. The predicted octanol–water partition coefficient (Wildman–Crippen LogP) is 2.73. The van der Waals surface area contributed by atoms with Gasteiger partial charge in [-0.05, 0) is 43.4 Å². The van der Waals surface area contributed by atoms with Crippen molar-refractivity contribution in [2.45, 2.75) is 25.7 Å². The van der Waals surface area contributed by atoms with Gasteiger partial charge in [0, 0.05) is 43.6 Å². The zero-order chi connectivity index (χ0) is 16.8. The minimum atomic E-state index is -0.0410. The third-order valence-corrected chi connectivity index (χ3v) is 4.58. The van der Waals surface area contributed by atoms with Gasteiger partial charge in [0.25, 0.3) is 5.91 Å². The van der Waals surface area contributed by atoms with Crippen molar-refractivity contribution in [2.75, 3.05) is 19.8 Å². The number of hydrogen-bond donors (Lipinski definition) is 1. The summed E-state index contributed by atoms with van der Waals surface area (Å²) in [6, 6.07) is 9.31. The topological polar surface area (TPSA) is 64.1 Å². The lowest BCUT2D eigenvalue weighted by atomic mass is 9.82. The number of carbonyl (C=O) groups is 1. The molecular weight excluding hydrogens is 302 g/mol. The summed E-state index contributed by atoms with van der Waals surface area (Å²) in [5, 5.41) is 3.07. The highest BCUT2D eigenvalue weighted by Gasteiger charge is 2.26. The number of hydrogen-bond acceptors (Lipinski definition) is 4. The van der Waals surface area contributed by atoms with E-state index in [0.717, 1.165) is 37.4 Å². The number of nitrogens with zero attached hydrogens (tertiary/aromatic N) is 2. The first-order chi connectivity index (χ1) is 11.7. The Morgan fingerprint density at radius 3 is 2.54 bits per heavy atom. The highest BCUT2D eigenvalue weighted by Crippen LogP contribution is 2.31. The van der Waals surface area contributed by atoms with Crippen LogP contribution in [-0.4, -0.2) is 35.6 Å². The molecule has 1 aromatic heterocycles. The average molecular weight is 325 g/mol. The third-order valence-electron chi connectivity index (χ3n) is 4.58. The van der Waals surface area contributed by atoms with E-state index in [0.29, 0.717) is 18.0 Å². The van der Waals surface area contributed by atoms with E-state index in [2.05, 4.69) is 15.3 Å². The first-order valence-corrected chi connectivity index (χ1v) is 8.43. The molecule has 1 aromatic carbocycles. The van der Waals surface area contributed by atoms with Gasteiger partial charge < -0.3 is 10.1 Å². The van der Waals surface area contributed by atoms with Crippen molar-refractivity contribution in [2.24, 2.45) is 5.92 Å². The van der Waals surface area contributed by atoms with Crippen molar-refractivity contribution in [1.29, 1.82) is 0 Å². The van der Waals surface area contributed by atoms with Crippen LogP contribution in [0, 0.1) is 12.8 Å². The van der Waals surface area contributed by atoms with Crippen LogP contribution in [0.1, 0.15) is 40.5 Å². The molecule has 5 nitrogen and oxygen atoms in total. The van der Waals surface area contributed by atoms with Crippen molar-refractivity contribution in [1.82, 2.24) is 15.3 Å². The fraction of sp³-hybridized carbons (Fsp3) is 0.421. The summed E-state index contributed by atoms with van der Waals surface area (Å²) < 4.78 is 5.48. The van der Waals surface area contributed by atoms with Crippen molar-refractivity contribution < 1.29 is 9.53 Å². The van der Waals surface area contributed by atoms with Crippen LogP contribution >= 0.6 is 0 Å². The number of aromatic nitrogens is 2. The fourth-order valence-corrected chi connectivity index (χ4v) is 3.16. The number of benzene rings is 1. The lowest BCUT2D eigenvalue weighted by molar-refractivity contribution is 0.0572. The van der Waals surface area contributed by atoms with Crippen LogP contribution in [0.25, 0.3) is 0 Å². The summed E-state index contributed by atoms with van der Waals surface area (Å²) in [6.07, 6.45) is 5.77. The molecule has 0 bridgehead atoms. The average Bonchev–Trinajstić information content (AvgIpc) is 2.65. The second-order valence-corrected chi connectivity index (χ2v) is 6.20. The summed E-state index contributed by atoms with van der Waals surface area (Å²) in [4.78, 5) is 21.0. The van der Waals surface area contributed by atoms with Crippen LogP contribution in [-0.2, 0) is 4.74 Å². The van der Waals surface area contributed by atoms with E-state index in [4.69, 9.17) is 4.74 Å². The van der Waals surface area contributed by atoms with Gasteiger partial charge in [0.05, 0.1) is 0 Å². The summed E-state index contributed by atoms with van der Waals surface area (Å²) in [7, 11) is 0. The lowest BCUT2D eigenvalue weighted by Crippen LogP contribution is -2.33. The maximum absolute atomic E-state index is 12.4. The molecule has 1 atom stereocenters. The van der Waals surface area contributed by atoms with Crippen LogP contribution in [0.2, 0.25) is 0 Å². The molecule has 24 heavy (non-hydrogen) atoms. The van der Waals surface area contributed by atoms with E-state index >= 15 is 0 Å². The first kappa shape index (κ1) is 16.6. The van der Waals surface area contributed by atoms with Gasteiger partial charge in [0.1, 0.15) is 5.82 Å². The SMILES string of the molecule is Cc1ncc(C(CNC(=O)c2ccccc2)C2CCOCC2)cn1. The number of aryl methyl sites for hydroxylation is 1. The summed E-state index contributed by atoms with van der Waals surface area (Å²) >= 11 is 0. The van der Waals surface area contributed by atoms with Gasteiger partial charge in [0.15, 0.2) is 0 Å². The Morgan fingerprint density at radius 2 is 1.88 bits per heavy atom. The molecular formula is C19H23N3O2. The van der Waals surface area contributed by atoms with Gasteiger partial charge >= 0.3 is 0 Å². The maximum atomic E-state index is 12.4. The van der Waals surface area contributed by atoms with Crippen LogP contribution in [0.15, 0.2) is 42.7 Å². The van der Waals surface area contributed by atoms with E-state index in [1.54, 1.807) is 0 Å². The molecule has 0 aliphatic carbocycles. The molecule has 0 radical (unpaired) electrons. The number of rotatable bonds is 5. The molecule has 3 rings (SSSR count). The zero-order valence-corrected chi connectivity index (χ0v) is 13.9. The Balaban J connectivity index is 1.72. The van der Waals surface area contributed by atoms with E-state index in [-0.39, 0.29) is 11.8 Å². The third kappa shape index (κ3) is 4.17. The van der Waals surface area contributed by atoms with Gasteiger partial charge in [-0.2, -0.15) is 0 Å².